The molecule has 0 fully saturated rings. The first-order valence-electron chi connectivity index (χ1n) is 11.9. The molecule has 2 aromatic heterocycles. The van der Waals surface area contributed by atoms with Crippen molar-refractivity contribution in [3.63, 3.8) is 0 Å². The van der Waals surface area contributed by atoms with Crippen molar-refractivity contribution >= 4 is 44.7 Å². The first-order chi connectivity index (χ1) is 16.6. The number of para-hydroxylation sites is 2. The molecule has 2 aliphatic carbocycles. The molecule has 176 valence electrons. The molecule has 0 saturated carbocycles. The lowest BCUT2D eigenvalue weighted by molar-refractivity contribution is -0.117. The third-order valence-corrected chi connectivity index (χ3v) is 7.76. The van der Waals surface area contributed by atoms with E-state index in [1.807, 2.05) is 12.1 Å². The summed E-state index contributed by atoms with van der Waals surface area (Å²) >= 11 is 1.62. The van der Waals surface area contributed by atoms with Crippen LogP contribution < -0.4 is 16.2 Å². The van der Waals surface area contributed by atoms with E-state index in [1.165, 1.54) is 9.44 Å². The monoisotopic (exact) mass is 476 g/mol. The molecule has 8 heteroatoms. The van der Waals surface area contributed by atoms with E-state index < -0.39 is 0 Å². The molecule has 1 aromatic carbocycles. The summed E-state index contributed by atoms with van der Waals surface area (Å²) in [7, 11) is 0. The molecule has 2 N–H and O–H groups in total. The minimum Gasteiger partial charge on any atom is -0.324 e. The second-order valence-electron chi connectivity index (χ2n) is 9.00. The lowest BCUT2D eigenvalue weighted by atomic mass is 9.97. The molecule has 7 nitrogen and oxygen atoms in total. The summed E-state index contributed by atoms with van der Waals surface area (Å²) in [6.07, 6.45) is 12.5. The molecule has 2 amide bonds. The molecular formula is C26H28N4O3S. The van der Waals surface area contributed by atoms with Crippen LogP contribution in [0.1, 0.15) is 49.0 Å². The van der Waals surface area contributed by atoms with E-state index in [1.54, 1.807) is 29.8 Å². The smallest absolute Gasteiger partial charge is 0.262 e. The summed E-state index contributed by atoms with van der Waals surface area (Å²) in [4.78, 5) is 44.8. The number of aryl methyl sites for hydroxylation is 3. The molecule has 0 saturated heterocycles. The van der Waals surface area contributed by atoms with Gasteiger partial charge in [0.1, 0.15) is 4.83 Å². The SMILES string of the molecule is O=C(CCn1cnc2sc3c(c2c1=O)CCCC3)Nc1ccccc1NC(=O)CC1C=CCC1. The van der Waals surface area contributed by atoms with Crippen LogP contribution in [0, 0.1) is 5.92 Å². The number of hydrogen-bond acceptors (Lipinski definition) is 5. The maximum Gasteiger partial charge on any atom is 0.262 e. The van der Waals surface area contributed by atoms with Gasteiger partial charge in [0.15, 0.2) is 0 Å². The number of allylic oxidation sites excluding steroid dienone is 2. The molecule has 0 aliphatic heterocycles. The standard InChI is InChI=1S/C26H28N4O3S/c31-22(28-19-10-4-5-11-20(19)29-23(32)15-17-7-1-2-8-17)13-14-30-16-27-25-24(26(30)33)18-9-3-6-12-21(18)34-25/h1,4-5,7,10-11,16-17H,2-3,6,8-9,12-15H2,(H,28,31)(H,29,32). The highest BCUT2D eigenvalue weighted by Gasteiger charge is 2.20. The van der Waals surface area contributed by atoms with Crippen molar-refractivity contribution in [3.05, 3.63) is 63.5 Å². The Morgan fingerprint density at radius 3 is 2.62 bits per heavy atom. The van der Waals surface area contributed by atoms with E-state index >= 15 is 0 Å². The fraction of sp³-hybridized carbons (Fsp3) is 0.385. The van der Waals surface area contributed by atoms with Crippen molar-refractivity contribution in [2.24, 2.45) is 5.92 Å². The van der Waals surface area contributed by atoms with Crippen LogP contribution in [-0.2, 0) is 29.0 Å². The fourth-order valence-electron chi connectivity index (χ4n) is 4.78. The number of thiophene rings is 1. The Labute approximate surface area is 201 Å². The average Bonchev–Trinajstić information content (AvgIpc) is 3.47. The number of carbonyl (C=O) groups is 2. The maximum atomic E-state index is 13.1. The predicted octanol–water partition coefficient (Wildman–Crippen LogP) is 4.66. The second-order valence-corrected chi connectivity index (χ2v) is 10.1. The molecule has 5 rings (SSSR count). The van der Waals surface area contributed by atoms with Crippen LogP contribution in [0.25, 0.3) is 10.2 Å². The molecule has 1 atom stereocenters. The Morgan fingerprint density at radius 1 is 1.09 bits per heavy atom. The Bertz CT molecular complexity index is 1320. The summed E-state index contributed by atoms with van der Waals surface area (Å²) in [6.45, 7) is 0.251. The summed E-state index contributed by atoms with van der Waals surface area (Å²) in [5.74, 6) is -0.0112. The number of aromatic nitrogens is 2. The molecule has 2 heterocycles. The van der Waals surface area contributed by atoms with Gasteiger partial charge in [0, 0.05) is 24.3 Å². The van der Waals surface area contributed by atoms with Crippen LogP contribution in [0.4, 0.5) is 11.4 Å². The summed E-state index contributed by atoms with van der Waals surface area (Å²) in [5, 5.41) is 6.53. The molecule has 0 bridgehead atoms. The number of nitrogens with one attached hydrogen (secondary N) is 2. The lowest BCUT2D eigenvalue weighted by Gasteiger charge is -2.14. The zero-order chi connectivity index (χ0) is 23.5. The summed E-state index contributed by atoms with van der Waals surface area (Å²) < 4.78 is 1.53. The van der Waals surface area contributed by atoms with Gasteiger partial charge in [0.2, 0.25) is 11.8 Å². The van der Waals surface area contributed by atoms with Gasteiger partial charge >= 0.3 is 0 Å². The highest BCUT2D eigenvalue weighted by atomic mass is 32.1. The first-order valence-corrected chi connectivity index (χ1v) is 12.7. The maximum absolute atomic E-state index is 13.1. The van der Waals surface area contributed by atoms with Crippen molar-refractivity contribution in [2.45, 2.75) is 57.9 Å². The molecule has 1 unspecified atom stereocenters. The van der Waals surface area contributed by atoms with E-state index in [2.05, 4.69) is 27.8 Å². The van der Waals surface area contributed by atoms with Gasteiger partial charge in [0.25, 0.3) is 5.56 Å². The number of hydrogen-bond donors (Lipinski definition) is 2. The quantitative estimate of drug-likeness (QED) is 0.485. The van der Waals surface area contributed by atoms with E-state index in [4.69, 9.17) is 0 Å². The van der Waals surface area contributed by atoms with Crippen molar-refractivity contribution in [1.82, 2.24) is 9.55 Å². The van der Waals surface area contributed by atoms with Crippen LogP contribution in [-0.4, -0.2) is 21.4 Å². The first kappa shape index (κ1) is 22.5. The Balaban J connectivity index is 1.23. The average molecular weight is 477 g/mol. The molecule has 0 spiro atoms. The third-order valence-electron chi connectivity index (χ3n) is 6.56. The largest absolute Gasteiger partial charge is 0.324 e. The van der Waals surface area contributed by atoms with Gasteiger partial charge in [-0.2, -0.15) is 0 Å². The molecule has 3 aromatic rings. The number of anilines is 2. The van der Waals surface area contributed by atoms with Gasteiger partial charge in [-0.1, -0.05) is 24.3 Å². The molecule has 0 radical (unpaired) electrons. The minimum atomic E-state index is -0.222. The zero-order valence-electron chi connectivity index (χ0n) is 19.0. The van der Waals surface area contributed by atoms with E-state index in [-0.39, 0.29) is 36.3 Å². The van der Waals surface area contributed by atoms with E-state index in [0.29, 0.717) is 17.8 Å². The van der Waals surface area contributed by atoms with Gasteiger partial charge in [0.05, 0.1) is 23.1 Å². The Hall–Kier alpha value is -3.26. The topological polar surface area (TPSA) is 93.1 Å². The van der Waals surface area contributed by atoms with Crippen LogP contribution in [0.15, 0.2) is 47.5 Å². The third kappa shape index (κ3) is 4.82. The normalized spacial score (nSPS) is 17.0. The van der Waals surface area contributed by atoms with Crippen LogP contribution in [0.3, 0.4) is 0 Å². The van der Waals surface area contributed by atoms with Crippen molar-refractivity contribution in [1.29, 1.82) is 0 Å². The van der Waals surface area contributed by atoms with Gasteiger partial charge < -0.3 is 10.6 Å². The zero-order valence-corrected chi connectivity index (χ0v) is 19.8. The van der Waals surface area contributed by atoms with Gasteiger partial charge in [-0.3, -0.25) is 19.0 Å². The number of carbonyl (C=O) groups excluding carboxylic acids is 2. The van der Waals surface area contributed by atoms with Crippen molar-refractivity contribution in [2.75, 3.05) is 10.6 Å². The van der Waals surface area contributed by atoms with Gasteiger partial charge in [-0.15, -0.1) is 11.3 Å². The van der Waals surface area contributed by atoms with E-state index in [0.717, 1.165) is 54.3 Å². The minimum absolute atomic E-state index is 0.0641. The van der Waals surface area contributed by atoms with Gasteiger partial charge in [-0.05, 0) is 62.1 Å². The van der Waals surface area contributed by atoms with Crippen LogP contribution in [0.5, 0.6) is 0 Å². The number of benzene rings is 1. The van der Waals surface area contributed by atoms with Crippen LogP contribution in [0.2, 0.25) is 0 Å². The Kier molecular flexibility index (Phi) is 6.58. The molecule has 2 aliphatic rings. The Morgan fingerprint density at radius 2 is 1.85 bits per heavy atom. The highest BCUT2D eigenvalue weighted by Crippen LogP contribution is 2.33. The number of rotatable bonds is 7. The van der Waals surface area contributed by atoms with E-state index in [9.17, 15) is 14.4 Å². The predicted molar refractivity (Wildman–Crippen MR) is 135 cm³/mol. The fourth-order valence-corrected chi connectivity index (χ4v) is 6.00. The second kappa shape index (κ2) is 9.93. The molecule has 34 heavy (non-hydrogen) atoms. The summed E-state index contributed by atoms with van der Waals surface area (Å²) in [5.41, 5.74) is 2.22. The van der Waals surface area contributed by atoms with Crippen molar-refractivity contribution < 1.29 is 9.59 Å². The number of nitrogens with zero attached hydrogens (tertiary/aromatic N) is 2. The highest BCUT2D eigenvalue weighted by molar-refractivity contribution is 7.18. The van der Waals surface area contributed by atoms with Crippen molar-refractivity contribution in [3.8, 4) is 0 Å². The number of amides is 2. The summed E-state index contributed by atoms with van der Waals surface area (Å²) in [6, 6.07) is 7.18. The molecular weight excluding hydrogens is 448 g/mol. The lowest BCUT2D eigenvalue weighted by Crippen LogP contribution is -2.24. The van der Waals surface area contributed by atoms with Gasteiger partial charge in [-0.25, -0.2) is 4.98 Å². The van der Waals surface area contributed by atoms with Crippen LogP contribution >= 0.6 is 11.3 Å². The number of fused-ring (bicyclic) bond motifs is 3.